The number of fused-ring (bicyclic) bond motifs is 1. The molecule has 0 aliphatic heterocycles. The number of ether oxygens (including phenoxy) is 2. The largest absolute Gasteiger partial charge is 0.453 e. The first-order valence-corrected chi connectivity index (χ1v) is 8.74. The number of alkyl carbamates (subject to hydrolysis) is 1. The molecule has 0 fully saturated rings. The van der Waals surface area contributed by atoms with Crippen molar-refractivity contribution >= 4 is 39.5 Å². The Morgan fingerprint density at radius 3 is 2.72 bits per heavy atom. The van der Waals surface area contributed by atoms with E-state index in [-0.39, 0.29) is 6.42 Å². The van der Waals surface area contributed by atoms with Gasteiger partial charge in [-0.1, -0.05) is 12.1 Å². The van der Waals surface area contributed by atoms with Gasteiger partial charge < -0.3 is 9.47 Å². The van der Waals surface area contributed by atoms with Crippen LogP contribution in [-0.4, -0.2) is 36.2 Å². The van der Waals surface area contributed by atoms with Gasteiger partial charge >= 0.3 is 12.1 Å². The number of aryl methyl sites for hydroxylation is 1. The molecule has 134 valence electrons. The predicted octanol–water partition coefficient (Wildman–Crippen LogP) is 2.82. The average molecular weight is 364 g/mol. The monoisotopic (exact) mass is 364 g/mol. The van der Waals surface area contributed by atoms with Gasteiger partial charge in [0.2, 0.25) is 0 Å². The minimum Gasteiger partial charge on any atom is -0.453 e. The van der Waals surface area contributed by atoms with E-state index in [0.29, 0.717) is 6.42 Å². The number of amides is 2. The molecule has 2 amide bonds. The van der Waals surface area contributed by atoms with E-state index in [0.717, 1.165) is 35.2 Å². The Morgan fingerprint density at radius 1 is 1.24 bits per heavy atom. The molecule has 0 saturated carbocycles. The summed E-state index contributed by atoms with van der Waals surface area (Å²) in [6.45, 7) is 1.40. The van der Waals surface area contributed by atoms with Crippen LogP contribution in [0.15, 0.2) is 24.3 Å². The number of carbonyl (C=O) groups excluding carboxylic acids is 3. The van der Waals surface area contributed by atoms with Gasteiger partial charge in [-0.25, -0.2) is 9.78 Å². The molecule has 8 heteroatoms. The first-order chi connectivity index (χ1) is 12.0. The van der Waals surface area contributed by atoms with E-state index in [2.05, 4.69) is 9.72 Å². The zero-order valence-corrected chi connectivity index (χ0v) is 14.9. The van der Waals surface area contributed by atoms with Crippen molar-refractivity contribution in [3.05, 3.63) is 29.3 Å². The molecule has 1 N–H and O–H groups in total. The Labute approximate surface area is 149 Å². The van der Waals surface area contributed by atoms with Crippen LogP contribution in [0.3, 0.4) is 0 Å². The Bertz CT molecular complexity index is 725. The molecule has 0 unspecified atom stereocenters. The highest BCUT2D eigenvalue weighted by Crippen LogP contribution is 2.22. The fraction of sp³-hybridized carbons (Fsp3) is 0.412. The molecule has 0 spiro atoms. The van der Waals surface area contributed by atoms with Crippen molar-refractivity contribution in [2.45, 2.75) is 38.7 Å². The van der Waals surface area contributed by atoms with E-state index in [1.807, 2.05) is 29.6 Å². The highest BCUT2D eigenvalue weighted by Gasteiger charge is 2.19. The summed E-state index contributed by atoms with van der Waals surface area (Å²) in [4.78, 5) is 38.8. The molecular weight excluding hydrogens is 344 g/mol. The van der Waals surface area contributed by atoms with Crippen LogP contribution < -0.4 is 5.32 Å². The maximum absolute atomic E-state index is 11.7. The Hall–Kier alpha value is -2.48. The average Bonchev–Trinajstić information content (AvgIpc) is 3.01. The molecule has 0 saturated heterocycles. The number of para-hydroxylation sites is 1. The maximum Gasteiger partial charge on any atom is 0.413 e. The smallest absolute Gasteiger partial charge is 0.413 e. The second-order valence-corrected chi connectivity index (χ2v) is 6.51. The fourth-order valence-electron chi connectivity index (χ4n) is 2.14. The lowest BCUT2D eigenvalue weighted by atomic mass is 10.2. The molecule has 0 radical (unpaired) electrons. The summed E-state index contributed by atoms with van der Waals surface area (Å²) < 4.78 is 10.4. The van der Waals surface area contributed by atoms with Gasteiger partial charge in [-0.3, -0.25) is 14.9 Å². The molecule has 1 atom stereocenters. The van der Waals surface area contributed by atoms with E-state index in [1.165, 1.54) is 6.92 Å². The molecular formula is C17H20N2O5S. The first kappa shape index (κ1) is 18.9. The summed E-state index contributed by atoms with van der Waals surface area (Å²) in [5.41, 5.74) is 0.993. The van der Waals surface area contributed by atoms with Gasteiger partial charge in [0.25, 0.3) is 5.91 Å². The van der Waals surface area contributed by atoms with Crippen molar-refractivity contribution in [2.75, 3.05) is 7.11 Å². The highest BCUT2D eigenvalue weighted by atomic mass is 32.1. The SMILES string of the molecule is COC(=O)NC(=O)[C@@H](C)OC(=O)CCCCc1nc2ccccc2s1. The van der Waals surface area contributed by atoms with Crippen LogP contribution in [0, 0.1) is 0 Å². The third-order valence-electron chi connectivity index (χ3n) is 3.45. The second kappa shape index (κ2) is 9.12. The van der Waals surface area contributed by atoms with Crippen molar-refractivity contribution in [2.24, 2.45) is 0 Å². The first-order valence-electron chi connectivity index (χ1n) is 7.92. The Morgan fingerprint density at radius 2 is 2.00 bits per heavy atom. The maximum atomic E-state index is 11.7. The number of unbranched alkanes of at least 4 members (excludes halogenated alkanes) is 1. The molecule has 2 aromatic rings. The topological polar surface area (TPSA) is 94.6 Å². The molecule has 25 heavy (non-hydrogen) atoms. The lowest BCUT2D eigenvalue weighted by Crippen LogP contribution is -2.39. The molecule has 1 aromatic heterocycles. The van der Waals surface area contributed by atoms with Gasteiger partial charge in [0.1, 0.15) is 0 Å². The second-order valence-electron chi connectivity index (χ2n) is 5.40. The van der Waals surface area contributed by atoms with Gasteiger partial charge in [-0.2, -0.15) is 0 Å². The van der Waals surface area contributed by atoms with Gasteiger partial charge in [0.05, 0.1) is 22.3 Å². The van der Waals surface area contributed by atoms with Gasteiger partial charge in [-0.05, 0) is 38.3 Å². The van der Waals surface area contributed by atoms with Crippen LogP contribution in [0.5, 0.6) is 0 Å². The number of nitrogens with zero attached hydrogens (tertiary/aromatic N) is 1. The number of nitrogens with one attached hydrogen (secondary N) is 1. The van der Waals surface area contributed by atoms with Gasteiger partial charge in [-0.15, -0.1) is 11.3 Å². The Balaban J connectivity index is 1.68. The molecule has 0 aliphatic rings. The number of thiazole rings is 1. The Kier molecular flexibility index (Phi) is 6.88. The van der Waals surface area contributed by atoms with Crippen molar-refractivity contribution < 1.29 is 23.9 Å². The number of aromatic nitrogens is 1. The summed E-state index contributed by atoms with van der Waals surface area (Å²) in [5, 5.41) is 2.99. The summed E-state index contributed by atoms with van der Waals surface area (Å²) in [6.07, 6.45) is 0.517. The molecule has 2 rings (SSSR count). The fourth-order valence-corrected chi connectivity index (χ4v) is 3.14. The number of benzene rings is 1. The highest BCUT2D eigenvalue weighted by molar-refractivity contribution is 7.18. The predicted molar refractivity (Wildman–Crippen MR) is 93.3 cm³/mol. The summed E-state index contributed by atoms with van der Waals surface area (Å²) >= 11 is 1.65. The number of hydrogen-bond donors (Lipinski definition) is 1. The van der Waals surface area contributed by atoms with Crippen LogP contribution in [0.4, 0.5) is 4.79 Å². The zero-order valence-electron chi connectivity index (χ0n) is 14.1. The van der Waals surface area contributed by atoms with Crippen LogP contribution in [0.25, 0.3) is 10.2 Å². The molecule has 0 aliphatic carbocycles. The number of carbonyl (C=O) groups is 3. The molecule has 1 aromatic carbocycles. The third kappa shape index (κ3) is 5.82. The number of imide groups is 1. The van der Waals surface area contributed by atoms with E-state index >= 15 is 0 Å². The number of rotatable bonds is 7. The molecule has 0 bridgehead atoms. The van der Waals surface area contributed by atoms with E-state index < -0.39 is 24.1 Å². The minimum atomic E-state index is -1.05. The van der Waals surface area contributed by atoms with E-state index in [9.17, 15) is 14.4 Å². The third-order valence-corrected chi connectivity index (χ3v) is 4.54. The quantitative estimate of drug-likeness (QED) is 0.600. The number of esters is 1. The number of hydrogen-bond acceptors (Lipinski definition) is 7. The summed E-state index contributed by atoms with van der Waals surface area (Å²) in [5.74, 6) is -1.19. The van der Waals surface area contributed by atoms with Crippen molar-refractivity contribution in [1.82, 2.24) is 10.3 Å². The standard InChI is InChI=1S/C17H20N2O5S/c1-11(16(21)19-17(22)23-2)24-15(20)10-6-5-9-14-18-12-7-3-4-8-13(12)25-14/h3-4,7-8,11H,5-6,9-10H2,1-2H3,(H,19,21,22)/t11-/m1/s1. The van der Waals surface area contributed by atoms with Crippen molar-refractivity contribution in [3.63, 3.8) is 0 Å². The van der Waals surface area contributed by atoms with Crippen LogP contribution in [0.1, 0.15) is 31.2 Å². The minimum absolute atomic E-state index is 0.209. The molecule has 1 heterocycles. The van der Waals surface area contributed by atoms with Crippen molar-refractivity contribution in [3.8, 4) is 0 Å². The van der Waals surface area contributed by atoms with Crippen LogP contribution in [0.2, 0.25) is 0 Å². The number of methoxy groups -OCH3 is 1. The molecule has 7 nitrogen and oxygen atoms in total. The van der Waals surface area contributed by atoms with E-state index in [4.69, 9.17) is 4.74 Å². The lowest BCUT2D eigenvalue weighted by Gasteiger charge is -2.12. The lowest BCUT2D eigenvalue weighted by molar-refractivity contribution is -0.154. The van der Waals surface area contributed by atoms with E-state index in [1.54, 1.807) is 11.3 Å². The van der Waals surface area contributed by atoms with Crippen LogP contribution in [-0.2, 0) is 25.5 Å². The van der Waals surface area contributed by atoms with Gasteiger partial charge in [0.15, 0.2) is 6.10 Å². The van der Waals surface area contributed by atoms with Gasteiger partial charge in [0, 0.05) is 6.42 Å². The zero-order chi connectivity index (χ0) is 18.2. The van der Waals surface area contributed by atoms with Crippen molar-refractivity contribution in [1.29, 1.82) is 0 Å². The summed E-state index contributed by atoms with van der Waals surface area (Å²) in [7, 11) is 1.14. The normalized spacial score (nSPS) is 11.8. The summed E-state index contributed by atoms with van der Waals surface area (Å²) in [6, 6.07) is 7.96. The van der Waals surface area contributed by atoms with Crippen LogP contribution >= 0.6 is 11.3 Å².